The van der Waals surface area contributed by atoms with E-state index in [2.05, 4.69) is 21.2 Å². The van der Waals surface area contributed by atoms with E-state index in [9.17, 15) is 23.6 Å². The second-order valence-electron chi connectivity index (χ2n) is 6.61. The molecule has 1 heterocycles. The zero-order valence-electron chi connectivity index (χ0n) is 17.3. The van der Waals surface area contributed by atoms with Crippen LogP contribution in [0.5, 0.6) is 5.75 Å². The monoisotopic (exact) mass is 536 g/mol. The van der Waals surface area contributed by atoms with Gasteiger partial charge in [0, 0.05) is 5.69 Å². The summed E-state index contributed by atoms with van der Waals surface area (Å²) in [4.78, 5) is 49.2. The number of anilines is 1. The Morgan fingerprint density at radius 2 is 1.91 bits per heavy atom. The van der Waals surface area contributed by atoms with Crippen LogP contribution in [0.2, 0.25) is 0 Å². The number of rotatable bonds is 8. The van der Waals surface area contributed by atoms with Crippen molar-refractivity contribution >= 4 is 62.5 Å². The van der Waals surface area contributed by atoms with Gasteiger partial charge in [0.1, 0.15) is 18.1 Å². The highest BCUT2D eigenvalue weighted by Crippen LogP contribution is 2.33. The molecule has 0 aliphatic carbocycles. The van der Waals surface area contributed by atoms with Gasteiger partial charge in [-0.1, -0.05) is 6.07 Å². The van der Waals surface area contributed by atoms with Crippen LogP contribution in [0, 0.1) is 5.82 Å². The highest BCUT2D eigenvalue weighted by Gasteiger charge is 2.36. The van der Waals surface area contributed by atoms with Gasteiger partial charge in [0.05, 0.1) is 16.0 Å². The van der Waals surface area contributed by atoms with Gasteiger partial charge in [0.15, 0.2) is 6.61 Å². The standard InChI is InChI=1S/C22H18BrFN2O6S/c1-2-31-20(28)11-26-21(29)18(33-22(26)30)10-13-3-8-17(16(23)9-13)32-12-19(27)25-15-6-4-14(24)5-7-15/h3-10H,2,11-12H2,1H3,(H,25,27)/b18-10+. The summed E-state index contributed by atoms with van der Waals surface area (Å²) in [6.45, 7) is 1.07. The van der Waals surface area contributed by atoms with E-state index in [1.165, 1.54) is 30.3 Å². The Hall–Kier alpha value is -3.18. The predicted octanol–water partition coefficient (Wildman–Crippen LogP) is 4.21. The third-order valence-electron chi connectivity index (χ3n) is 4.21. The first-order valence-electron chi connectivity index (χ1n) is 9.65. The second kappa shape index (κ2) is 11.1. The molecule has 0 atom stereocenters. The number of nitrogens with one attached hydrogen (secondary N) is 1. The van der Waals surface area contributed by atoms with Gasteiger partial charge in [-0.2, -0.15) is 0 Å². The van der Waals surface area contributed by atoms with Crippen molar-refractivity contribution in [3.8, 4) is 5.75 Å². The Morgan fingerprint density at radius 1 is 1.18 bits per heavy atom. The van der Waals surface area contributed by atoms with Gasteiger partial charge in [0.2, 0.25) is 0 Å². The zero-order chi connectivity index (χ0) is 24.0. The summed E-state index contributed by atoms with van der Waals surface area (Å²) in [5, 5.41) is 2.04. The van der Waals surface area contributed by atoms with Gasteiger partial charge in [0.25, 0.3) is 17.1 Å². The molecule has 0 spiro atoms. The van der Waals surface area contributed by atoms with Crippen LogP contribution in [0.25, 0.3) is 6.08 Å². The summed E-state index contributed by atoms with van der Waals surface area (Å²) >= 11 is 4.08. The van der Waals surface area contributed by atoms with Crippen LogP contribution < -0.4 is 10.1 Å². The molecule has 3 amide bonds. The van der Waals surface area contributed by atoms with Crippen molar-refractivity contribution in [3.05, 3.63) is 63.2 Å². The first-order valence-corrected chi connectivity index (χ1v) is 11.3. The molecule has 1 saturated heterocycles. The molecule has 1 aliphatic heterocycles. The first-order chi connectivity index (χ1) is 15.8. The van der Waals surface area contributed by atoms with Crippen molar-refractivity contribution in [3.63, 3.8) is 0 Å². The number of carbonyl (C=O) groups excluding carboxylic acids is 4. The average molecular weight is 537 g/mol. The normalized spacial score (nSPS) is 14.5. The molecule has 0 radical (unpaired) electrons. The van der Waals surface area contributed by atoms with Crippen LogP contribution in [-0.4, -0.2) is 47.7 Å². The lowest BCUT2D eigenvalue weighted by Crippen LogP contribution is -2.34. The maximum absolute atomic E-state index is 12.9. The number of carbonyl (C=O) groups is 4. The average Bonchev–Trinajstić information content (AvgIpc) is 3.02. The third kappa shape index (κ3) is 6.65. The highest BCUT2D eigenvalue weighted by atomic mass is 79.9. The number of halogens is 2. The van der Waals surface area contributed by atoms with E-state index < -0.39 is 35.4 Å². The fourth-order valence-electron chi connectivity index (χ4n) is 2.72. The molecule has 1 aliphatic rings. The number of nitrogens with zero attached hydrogens (tertiary/aromatic N) is 1. The molecule has 0 unspecified atom stereocenters. The Balaban J connectivity index is 1.60. The van der Waals surface area contributed by atoms with E-state index in [1.54, 1.807) is 25.1 Å². The largest absolute Gasteiger partial charge is 0.483 e. The van der Waals surface area contributed by atoms with Gasteiger partial charge < -0.3 is 14.8 Å². The quantitative estimate of drug-likeness (QED) is 0.398. The molecule has 1 fully saturated rings. The van der Waals surface area contributed by atoms with E-state index in [4.69, 9.17) is 9.47 Å². The highest BCUT2D eigenvalue weighted by molar-refractivity contribution is 9.10. The number of imide groups is 1. The number of hydrogen-bond donors (Lipinski definition) is 1. The Kier molecular flexibility index (Phi) is 8.23. The van der Waals surface area contributed by atoms with Crippen molar-refractivity contribution in [1.82, 2.24) is 4.90 Å². The molecule has 11 heteroatoms. The molecule has 0 saturated carbocycles. The van der Waals surface area contributed by atoms with Crippen molar-refractivity contribution in [1.29, 1.82) is 0 Å². The number of amides is 3. The molecule has 0 aromatic heterocycles. The molecule has 33 heavy (non-hydrogen) atoms. The smallest absolute Gasteiger partial charge is 0.326 e. The third-order valence-corrected chi connectivity index (χ3v) is 5.73. The van der Waals surface area contributed by atoms with Crippen LogP contribution in [0.3, 0.4) is 0 Å². The maximum Gasteiger partial charge on any atom is 0.326 e. The van der Waals surface area contributed by atoms with E-state index in [0.717, 1.165) is 16.7 Å². The van der Waals surface area contributed by atoms with Crippen LogP contribution in [0.4, 0.5) is 14.9 Å². The topological polar surface area (TPSA) is 102 Å². The second-order valence-corrected chi connectivity index (χ2v) is 8.45. The molecular weight excluding hydrogens is 519 g/mol. The van der Waals surface area contributed by atoms with Crippen LogP contribution >= 0.6 is 27.7 Å². The summed E-state index contributed by atoms with van der Waals surface area (Å²) in [5.41, 5.74) is 1.04. The summed E-state index contributed by atoms with van der Waals surface area (Å²) in [7, 11) is 0. The molecule has 172 valence electrons. The number of esters is 1. The molecule has 1 N–H and O–H groups in total. The molecule has 8 nitrogen and oxygen atoms in total. The van der Waals surface area contributed by atoms with Gasteiger partial charge in [-0.05, 0) is 82.7 Å². The zero-order valence-corrected chi connectivity index (χ0v) is 19.7. The van der Waals surface area contributed by atoms with E-state index in [1.807, 2.05) is 0 Å². The first kappa shape index (κ1) is 24.5. The molecule has 2 aromatic carbocycles. The molecule has 3 rings (SSSR count). The van der Waals surface area contributed by atoms with E-state index >= 15 is 0 Å². The van der Waals surface area contributed by atoms with Crippen LogP contribution in [0.1, 0.15) is 12.5 Å². The fraction of sp³-hybridized carbons (Fsp3) is 0.182. The van der Waals surface area contributed by atoms with Crippen molar-refractivity contribution in [2.75, 3.05) is 25.1 Å². The van der Waals surface area contributed by atoms with Gasteiger partial charge in [-0.3, -0.25) is 24.1 Å². The number of hydrogen-bond acceptors (Lipinski definition) is 7. The summed E-state index contributed by atoms with van der Waals surface area (Å²) < 4.78 is 23.7. The fourth-order valence-corrected chi connectivity index (χ4v) is 4.07. The van der Waals surface area contributed by atoms with Crippen molar-refractivity contribution < 1.29 is 33.0 Å². The molecule has 2 aromatic rings. The number of ether oxygens (including phenoxy) is 2. The SMILES string of the molecule is CCOC(=O)CN1C(=O)S/C(=C/c2ccc(OCC(=O)Nc3ccc(F)cc3)c(Br)c2)C1=O. The lowest BCUT2D eigenvalue weighted by Gasteiger charge is -2.11. The lowest BCUT2D eigenvalue weighted by atomic mass is 10.2. The minimum atomic E-state index is -0.659. The molecular formula is C22H18BrFN2O6S. The van der Waals surface area contributed by atoms with Crippen molar-refractivity contribution in [2.45, 2.75) is 6.92 Å². The Morgan fingerprint density at radius 3 is 2.58 bits per heavy atom. The number of benzene rings is 2. The van der Waals surface area contributed by atoms with Crippen LogP contribution in [-0.2, 0) is 19.1 Å². The van der Waals surface area contributed by atoms with Gasteiger partial charge >= 0.3 is 5.97 Å². The maximum atomic E-state index is 12.9. The minimum absolute atomic E-state index is 0.154. The van der Waals surface area contributed by atoms with Gasteiger partial charge in [-0.25, -0.2) is 4.39 Å². The minimum Gasteiger partial charge on any atom is -0.483 e. The van der Waals surface area contributed by atoms with E-state index in [0.29, 0.717) is 21.5 Å². The Bertz CT molecular complexity index is 1120. The summed E-state index contributed by atoms with van der Waals surface area (Å²) in [5.74, 6) is -1.68. The predicted molar refractivity (Wildman–Crippen MR) is 124 cm³/mol. The van der Waals surface area contributed by atoms with E-state index in [-0.39, 0.29) is 18.1 Å². The summed E-state index contributed by atoms with van der Waals surface area (Å²) in [6, 6.07) is 10.3. The van der Waals surface area contributed by atoms with Crippen molar-refractivity contribution in [2.24, 2.45) is 0 Å². The number of thioether (sulfide) groups is 1. The van der Waals surface area contributed by atoms with Crippen LogP contribution in [0.15, 0.2) is 51.8 Å². The lowest BCUT2D eigenvalue weighted by molar-refractivity contribution is -0.146. The molecule has 0 bridgehead atoms. The summed E-state index contributed by atoms with van der Waals surface area (Å²) in [6.07, 6.45) is 1.52. The van der Waals surface area contributed by atoms with Gasteiger partial charge in [-0.15, -0.1) is 0 Å². The Labute approximate surface area is 201 Å².